The summed E-state index contributed by atoms with van der Waals surface area (Å²) in [5.74, 6) is 0.591. The summed E-state index contributed by atoms with van der Waals surface area (Å²) in [6, 6.07) is 7.85. The zero-order chi connectivity index (χ0) is 24.0. The summed E-state index contributed by atoms with van der Waals surface area (Å²) in [7, 11) is 0. The molecule has 0 fully saturated rings. The molecule has 0 saturated carbocycles. The molecule has 0 aliphatic heterocycles. The van der Waals surface area contributed by atoms with Crippen LogP contribution in [0.15, 0.2) is 24.3 Å². The molecule has 33 heavy (non-hydrogen) atoms. The fourth-order valence-corrected chi connectivity index (χ4v) is 3.68. The largest absolute Gasteiger partial charge is 0.394 e. The Bertz CT molecular complexity index is 536. The third kappa shape index (κ3) is 17.9. The van der Waals surface area contributed by atoms with Gasteiger partial charge in [-0.05, 0) is 30.5 Å². The summed E-state index contributed by atoms with van der Waals surface area (Å²) in [4.78, 5) is 10.2. The second-order valence-corrected chi connectivity index (χ2v) is 9.03. The zero-order valence-corrected chi connectivity index (χ0v) is 20.8. The van der Waals surface area contributed by atoms with Crippen molar-refractivity contribution in [2.24, 2.45) is 0 Å². The molecule has 1 aromatic rings. The Morgan fingerprint density at radius 2 is 1.18 bits per heavy atom. The number of aryl methyl sites for hydroxylation is 1. The molecule has 2 unspecified atom stereocenters. The molecule has 0 aromatic heterocycles. The van der Waals surface area contributed by atoms with E-state index in [1.807, 2.05) is 12.1 Å². The van der Waals surface area contributed by atoms with Crippen molar-refractivity contribution in [2.75, 3.05) is 26.4 Å². The summed E-state index contributed by atoms with van der Waals surface area (Å²) in [6.45, 7) is 1.82. The maximum atomic E-state index is 9.73. The molecule has 0 heterocycles. The van der Waals surface area contributed by atoms with Gasteiger partial charge in [0.25, 0.3) is 0 Å². The van der Waals surface area contributed by atoms with Gasteiger partial charge in [-0.1, -0.05) is 96.1 Å². The van der Waals surface area contributed by atoms with Gasteiger partial charge in [0.05, 0.1) is 19.8 Å². The molecule has 1 rings (SSSR count). The highest BCUT2D eigenvalue weighted by Gasteiger charge is 2.08. The van der Waals surface area contributed by atoms with E-state index < -0.39 is 12.2 Å². The summed E-state index contributed by atoms with van der Waals surface area (Å²) in [5.41, 5.74) is 1.29. The minimum atomic E-state index is -0.937. The number of benzene rings is 1. The quantitative estimate of drug-likeness (QED) is 0.114. The minimum Gasteiger partial charge on any atom is -0.394 e. The van der Waals surface area contributed by atoms with Crippen LogP contribution in [0.3, 0.4) is 0 Å². The summed E-state index contributed by atoms with van der Waals surface area (Å²) in [5, 5.41) is 27.6. The van der Waals surface area contributed by atoms with Gasteiger partial charge in [0.1, 0.15) is 18.8 Å². The van der Waals surface area contributed by atoms with Crippen molar-refractivity contribution in [1.82, 2.24) is 0 Å². The van der Waals surface area contributed by atoms with Gasteiger partial charge >= 0.3 is 0 Å². The lowest BCUT2D eigenvalue weighted by atomic mass is 10.0. The first kappa shape index (κ1) is 29.9. The van der Waals surface area contributed by atoms with Crippen LogP contribution in [0.5, 0.6) is 5.75 Å². The summed E-state index contributed by atoms with van der Waals surface area (Å²) < 4.78 is 5.07. The average Bonchev–Trinajstić information content (AvgIpc) is 2.83. The summed E-state index contributed by atoms with van der Waals surface area (Å²) in [6.07, 6.45) is 17.1. The van der Waals surface area contributed by atoms with E-state index in [1.165, 1.54) is 89.0 Å². The molecular weight excluding hydrogens is 420 g/mol. The van der Waals surface area contributed by atoms with Gasteiger partial charge in [-0.15, -0.1) is 0 Å². The van der Waals surface area contributed by atoms with Crippen LogP contribution in [-0.2, 0) is 16.0 Å². The molecule has 0 saturated heterocycles. The zero-order valence-electron chi connectivity index (χ0n) is 20.8. The maximum absolute atomic E-state index is 9.73. The monoisotopic (exact) mass is 468 g/mol. The SMILES string of the molecule is CCCCCCCCCCCCCCCc1ccc(OOCC(O)COCC(O)CO)cc1. The van der Waals surface area contributed by atoms with Gasteiger partial charge in [-0.2, -0.15) is 4.89 Å². The van der Waals surface area contributed by atoms with E-state index in [0.29, 0.717) is 5.75 Å². The van der Waals surface area contributed by atoms with Crippen LogP contribution in [0.2, 0.25) is 0 Å². The Morgan fingerprint density at radius 3 is 1.73 bits per heavy atom. The fourth-order valence-electron chi connectivity index (χ4n) is 3.68. The molecule has 6 heteroatoms. The topological polar surface area (TPSA) is 88.4 Å². The highest BCUT2D eigenvalue weighted by atomic mass is 17.2. The molecule has 6 nitrogen and oxygen atoms in total. The normalized spacial score (nSPS) is 13.2. The smallest absolute Gasteiger partial charge is 0.165 e. The lowest BCUT2D eigenvalue weighted by Gasteiger charge is -2.13. The maximum Gasteiger partial charge on any atom is 0.165 e. The Morgan fingerprint density at radius 1 is 0.667 bits per heavy atom. The van der Waals surface area contributed by atoms with E-state index in [4.69, 9.17) is 24.7 Å². The van der Waals surface area contributed by atoms with Crippen molar-refractivity contribution in [3.8, 4) is 5.75 Å². The van der Waals surface area contributed by atoms with Crippen LogP contribution in [0.4, 0.5) is 0 Å². The Balaban J connectivity index is 1.96. The minimum absolute atomic E-state index is 0.00151. The summed E-state index contributed by atoms with van der Waals surface area (Å²) >= 11 is 0. The van der Waals surface area contributed by atoms with Crippen molar-refractivity contribution in [3.63, 3.8) is 0 Å². The average molecular weight is 469 g/mol. The molecule has 192 valence electrons. The molecular formula is C27H48O6. The second-order valence-electron chi connectivity index (χ2n) is 9.03. The van der Waals surface area contributed by atoms with Gasteiger partial charge in [0, 0.05) is 0 Å². The number of unbranched alkanes of at least 4 members (excludes halogenated alkanes) is 12. The van der Waals surface area contributed by atoms with E-state index in [1.54, 1.807) is 0 Å². The van der Waals surface area contributed by atoms with E-state index in [0.717, 1.165) is 6.42 Å². The highest BCUT2D eigenvalue weighted by molar-refractivity contribution is 5.26. The third-order valence-corrected chi connectivity index (χ3v) is 5.74. The van der Waals surface area contributed by atoms with Crippen LogP contribution in [0, 0.1) is 0 Å². The molecule has 0 aliphatic carbocycles. The van der Waals surface area contributed by atoms with Crippen molar-refractivity contribution < 1.29 is 29.8 Å². The van der Waals surface area contributed by atoms with Crippen LogP contribution in [0.1, 0.15) is 96.0 Å². The molecule has 3 N–H and O–H groups in total. The van der Waals surface area contributed by atoms with Crippen molar-refractivity contribution in [3.05, 3.63) is 29.8 Å². The van der Waals surface area contributed by atoms with Crippen LogP contribution in [-0.4, -0.2) is 54.0 Å². The predicted octanol–water partition coefficient (Wildman–Crippen LogP) is 5.36. The number of aliphatic hydroxyl groups is 3. The molecule has 2 atom stereocenters. The van der Waals surface area contributed by atoms with Crippen molar-refractivity contribution in [2.45, 2.75) is 109 Å². The molecule has 0 spiro atoms. The van der Waals surface area contributed by atoms with E-state index >= 15 is 0 Å². The van der Waals surface area contributed by atoms with Gasteiger partial charge in [-0.3, -0.25) is 0 Å². The fraction of sp³-hybridized carbons (Fsp3) is 0.778. The van der Waals surface area contributed by atoms with Crippen molar-refractivity contribution in [1.29, 1.82) is 0 Å². The number of ether oxygens (including phenoxy) is 1. The number of hydrogen-bond acceptors (Lipinski definition) is 6. The number of hydrogen-bond donors (Lipinski definition) is 3. The third-order valence-electron chi connectivity index (χ3n) is 5.74. The first-order valence-corrected chi connectivity index (χ1v) is 13.1. The Kier molecular flexibility index (Phi) is 19.3. The van der Waals surface area contributed by atoms with Crippen molar-refractivity contribution >= 4 is 0 Å². The second kappa shape index (κ2) is 21.4. The van der Waals surface area contributed by atoms with Gasteiger partial charge in [0.15, 0.2) is 5.75 Å². The van der Waals surface area contributed by atoms with E-state index in [9.17, 15) is 5.11 Å². The molecule has 0 aliphatic rings. The standard InChI is InChI=1S/C27H48O6/c1-2-3-4-5-6-7-8-9-10-11-12-13-14-15-24-16-18-27(19-17-24)33-32-23-26(30)22-31-21-25(29)20-28/h16-19,25-26,28-30H,2-15,20-23H2,1H3. The predicted molar refractivity (Wildman–Crippen MR) is 132 cm³/mol. The van der Waals surface area contributed by atoms with Gasteiger partial charge < -0.3 is 24.9 Å². The van der Waals surface area contributed by atoms with Crippen LogP contribution in [0.25, 0.3) is 0 Å². The number of rotatable bonds is 23. The Hall–Kier alpha value is -1.18. The van der Waals surface area contributed by atoms with Crippen LogP contribution < -0.4 is 4.89 Å². The van der Waals surface area contributed by atoms with Gasteiger partial charge in [0.2, 0.25) is 0 Å². The van der Waals surface area contributed by atoms with E-state index in [2.05, 4.69) is 19.1 Å². The van der Waals surface area contributed by atoms with Gasteiger partial charge in [-0.25, -0.2) is 0 Å². The first-order valence-electron chi connectivity index (χ1n) is 13.1. The lowest BCUT2D eigenvalue weighted by molar-refractivity contribution is -0.227. The van der Waals surface area contributed by atoms with E-state index in [-0.39, 0.29) is 26.4 Å². The molecule has 1 aromatic carbocycles. The molecule has 0 radical (unpaired) electrons. The van der Waals surface area contributed by atoms with Crippen LogP contribution >= 0.6 is 0 Å². The Labute approximate surface area is 201 Å². The highest BCUT2D eigenvalue weighted by Crippen LogP contribution is 2.16. The molecule has 0 bridgehead atoms. The first-order chi connectivity index (χ1) is 16.2. The lowest BCUT2D eigenvalue weighted by Crippen LogP contribution is -2.26. The molecule has 0 amide bonds. The number of aliphatic hydroxyl groups excluding tert-OH is 3.